The van der Waals surface area contributed by atoms with Gasteiger partial charge >= 0.3 is 0 Å². The van der Waals surface area contributed by atoms with E-state index in [0.717, 1.165) is 51.3 Å². The fourth-order valence-corrected chi connectivity index (χ4v) is 5.14. The van der Waals surface area contributed by atoms with Crippen LogP contribution in [0.15, 0.2) is 30.3 Å². The average Bonchev–Trinajstić information content (AvgIpc) is 2.81. The predicted octanol–water partition coefficient (Wildman–Crippen LogP) is 1.98. The summed E-state index contributed by atoms with van der Waals surface area (Å²) in [5.41, 5.74) is 0.941. The molecule has 7 heteroatoms. The first-order chi connectivity index (χ1) is 15.1. The van der Waals surface area contributed by atoms with Gasteiger partial charge in [0, 0.05) is 38.8 Å². The van der Waals surface area contributed by atoms with Gasteiger partial charge in [0.25, 0.3) is 5.91 Å². The van der Waals surface area contributed by atoms with Crippen LogP contribution in [0.4, 0.5) is 0 Å². The van der Waals surface area contributed by atoms with Crippen molar-refractivity contribution in [3.8, 4) is 0 Å². The van der Waals surface area contributed by atoms with Gasteiger partial charge in [0.2, 0.25) is 5.91 Å². The first kappa shape index (κ1) is 22.2. The number of morpholine rings is 1. The predicted molar refractivity (Wildman–Crippen MR) is 117 cm³/mol. The Morgan fingerprint density at radius 3 is 2.55 bits per heavy atom. The summed E-state index contributed by atoms with van der Waals surface area (Å²) in [5, 5.41) is 3.20. The molecule has 1 aromatic rings. The number of rotatable bonds is 6. The molecule has 0 bridgehead atoms. The molecule has 2 unspecified atom stereocenters. The van der Waals surface area contributed by atoms with Crippen LogP contribution in [-0.2, 0) is 19.1 Å². The number of likely N-dealkylation sites (tertiary alicyclic amines) is 1. The van der Waals surface area contributed by atoms with Crippen molar-refractivity contribution in [3.63, 3.8) is 0 Å². The van der Waals surface area contributed by atoms with E-state index in [0.29, 0.717) is 6.54 Å². The molecule has 3 aliphatic heterocycles. The summed E-state index contributed by atoms with van der Waals surface area (Å²) in [6.07, 6.45) is 5.03. The van der Waals surface area contributed by atoms with Crippen LogP contribution in [0, 0.1) is 5.41 Å². The molecule has 0 saturated carbocycles. The summed E-state index contributed by atoms with van der Waals surface area (Å²) in [7, 11) is 1.75. The lowest BCUT2D eigenvalue weighted by atomic mass is 9.79. The molecule has 1 aromatic carbocycles. The second kappa shape index (κ2) is 10.1. The number of carbonyl (C=O) groups excluding carboxylic acids is 2. The van der Waals surface area contributed by atoms with Crippen LogP contribution in [0.3, 0.4) is 0 Å². The smallest absolute Gasteiger partial charge is 0.251 e. The molecular weight excluding hydrogens is 394 g/mol. The number of ether oxygens (including phenoxy) is 2. The lowest BCUT2D eigenvalue weighted by molar-refractivity contribution is -0.162. The number of likely N-dealkylation sites (N-methyl/N-ethyl adjacent to an activating group) is 1. The van der Waals surface area contributed by atoms with Crippen molar-refractivity contribution in [2.24, 2.45) is 5.41 Å². The van der Waals surface area contributed by atoms with E-state index < -0.39 is 12.1 Å². The Bertz CT molecular complexity index is 744. The van der Waals surface area contributed by atoms with E-state index in [1.165, 1.54) is 19.3 Å². The number of nitrogens with one attached hydrogen (secondary N) is 1. The van der Waals surface area contributed by atoms with E-state index in [1.807, 2.05) is 30.3 Å². The van der Waals surface area contributed by atoms with Gasteiger partial charge in [0.05, 0.1) is 6.04 Å². The van der Waals surface area contributed by atoms with Crippen LogP contribution in [0.1, 0.15) is 43.7 Å². The molecule has 0 aromatic heterocycles. The van der Waals surface area contributed by atoms with E-state index in [-0.39, 0.29) is 23.8 Å². The largest absolute Gasteiger partial charge is 0.381 e. The Labute approximate surface area is 185 Å². The minimum atomic E-state index is -0.711. The van der Waals surface area contributed by atoms with Gasteiger partial charge in [0.15, 0.2) is 6.10 Å². The highest BCUT2D eigenvalue weighted by atomic mass is 16.5. The van der Waals surface area contributed by atoms with Gasteiger partial charge in [-0.1, -0.05) is 36.8 Å². The number of hydrogen-bond donors (Lipinski definition) is 1. The molecule has 3 fully saturated rings. The number of carbonyl (C=O) groups is 2. The third kappa shape index (κ3) is 5.27. The van der Waals surface area contributed by atoms with Crippen LogP contribution in [0.25, 0.3) is 0 Å². The lowest BCUT2D eigenvalue weighted by Gasteiger charge is -2.43. The molecule has 2 atom stereocenters. The number of nitrogens with zero attached hydrogens (tertiary/aromatic N) is 2. The molecule has 0 radical (unpaired) electrons. The standard InChI is InChI=1S/C24H35N3O4/c1-26-20(28)16-31-22(21(26)19-8-4-2-5-9-19)23(29)25-17-24(10-14-30-15-11-24)18-27-12-6-3-7-13-27/h2,4-5,8-9,21-22H,3,6-7,10-18H2,1H3,(H,25,29). The van der Waals surface area contributed by atoms with Gasteiger partial charge in [-0.3, -0.25) is 9.59 Å². The first-order valence-corrected chi connectivity index (χ1v) is 11.6. The Morgan fingerprint density at radius 2 is 1.84 bits per heavy atom. The second-order valence-corrected chi connectivity index (χ2v) is 9.26. The molecule has 7 nitrogen and oxygen atoms in total. The van der Waals surface area contributed by atoms with Crippen LogP contribution >= 0.6 is 0 Å². The fraction of sp³-hybridized carbons (Fsp3) is 0.667. The van der Waals surface area contributed by atoms with Crippen LogP contribution < -0.4 is 5.32 Å². The highest BCUT2D eigenvalue weighted by Crippen LogP contribution is 2.33. The number of benzene rings is 1. The molecule has 4 rings (SSSR count). The zero-order valence-corrected chi connectivity index (χ0v) is 18.6. The van der Waals surface area contributed by atoms with Crippen molar-refractivity contribution in [1.82, 2.24) is 15.1 Å². The second-order valence-electron chi connectivity index (χ2n) is 9.26. The number of hydrogen-bond acceptors (Lipinski definition) is 5. The lowest BCUT2D eigenvalue weighted by Crippen LogP contribution is -2.55. The van der Waals surface area contributed by atoms with E-state index in [2.05, 4.69) is 10.2 Å². The molecule has 0 aliphatic carbocycles. The molecule has 3 aliphatic rings. The Hall–Kier alpha value is -1.96. The third-order valence-electron chi connectivity index (χ3n) is 7.08. The minimum absolute atomic E-state index is 0.0316. The molecule has 2 amide bonds. The minimum Gasteiger partial charge on any atom is -0.381 e. The monoisotopic (exact) mass is 429 g/mol. The Morgan fingerprint density at radius 1 is 1.13 bits per heavy atom. The van der Waals surface area contributed by atoms with Crippen LogP contribution in [0.5, 0.6) is 0 Å². The van der Waals surface area contributed by atoms with Crippen molar-refractivity contribution >= 4 is 11.8 Å². The third-order valence-corrected chi connectivity index (χ3v) is 7.08. The molecule has 1 N–H and O–H groups in total. The normalized spacial score (nSPS) is 27.1. The number of piperidine rings is 1. The maximum Gasteiger partial charge on any atom is 0.251 e. The van der Waals surface area contributed by atoms with Crippen molar-refractivity contribution < 1.29 is 19.1 Å². The van der Waals surface area contributed by atoms with Gasteiger partial charge in [-0.05, 0) is 44.3 Å². The van der Waals surface area contributed by atoms with Gasteiger partial charge < -0.3 is 24.6 Å². The summed E-state index contributed by atoms with van der Waals surface area (Å²) in [4.78, 5) is 29.8. The first-order valence-electron chi connectivity index (χ1n) is 11.6. The maximum absolute atomic E-state index is 13.3. The zero-order chi connectivity index (χ0) is 21.7. The summed E-state index contributed by atoms with van der Waals surface area (Å²) in [6, 6.07) is 9.24. The SMILES string of the molecule is CN1C(=O)COC(C(=O)NCC2(CN3CCCCC3)CCOCC2)C1c1ccccc1. The molecule has 31 heavy (non-hydrogen) atoms. The molecule has 3 saturated heterocycles. The van der Waals surface area contributed by atoms with Crippen molar-refractivity contribution in [1.29, 1.82) is 0 Å². The quantitative estimate of drug-likeness (QED) is 0.749. The van der Waals surface area contributed by atoms with Gasteiger partial charge in [-0.25, -0.2) is 0 Å². The average molecular weight is 430 g/mol. The van der Waals surface area contributed by atoms with E-state index in [9.17, 15) is 9.59 Å². The number of amides is 2. The van der Waals surface area contributed by atoms with Gasteiger partial charge in [-0.15, -0.1) is 0 Å². The van der Waals surface area contributed by atoms with Crippen molar-refractivity contribution in [2.75, 3.05) is 53.0 Å². The molecular formula is C24H35N3O4. The van der Waals surface area contributed by atoms with Gasteiger partial charge in [-0.2, -0.15) is 0 Å². The summed E-state index contributed by atoms with van der Waals surface area (Å²) in [5.74, 6) is -0.249. The van der Waals surface area contributed by atoms with Gasteiger partial charge in [0.1, 0.15) is 6.61 Å². The molecule has 170 valence electrons. The van der Waals surface area contributed by atoms with E-state index in [1.54, 1.807) is 11.9 Å². The van der Waals surface area contributed by atoms with E-state index >= 15 is 0 Å². The maximum atomic E-state index is 13.3. The van der Waals surface area contributed by atoms with Crippen molar-refractivity contribution in [2.45, 2.75) is 44.2 Å². The van der Waals surface area contributed by atoms with Crippen LogP contribution in [-0.4, -0.2) is 80.8 Å². The van der Waals surface area contributed by atoms with Crippen molar-refractivity contribution in [3.05, 3.63) is 35.9 Å². The molecule has 0 spiro atoms. The molecule has 3 heterocycles. The fourth-order valence-electron chi connectivity index (χ4n) is 5.14. The van der Waals surface area contributed by atoms with Crippen LogP contribution in [0.2, 0.25) is 0 Å². The zero-order valence-electron chi connectivity index (χ0n) is 18.6. The highest BCUT2D eigenvalue weighted by Gasteiger charge is 2.41. The Kier molecular flexibility index (Phi) is 7.25. The summed E-state index contributed by atoms with van der Waals surface area (Å²) < 4.78 is 11.4. The van der Waals surface area contributed by atoms with E-state index in [4.69, 9.17) is 9.47 Å². The summed E-state index contributed by atoms with van der Waals surface area (Å²) >= 11 is 0. The summed E-state index contributed by atoms with van der Waals surface area (Å²) in [6.45, 7) is 5.33. The Balaban J connectivity index is 1.45. The highest BCUT2D eigenvalue weighted by molar-refractivity contribution is 5.86. The topological polar surface area (TPSA) is 71.1 Å².